The van der Waals surface area contributed by atoms with E-state index in [1.165, 1.54) is 0 Å². The standard InChI is InChI=1S/C8H16O2Si/c1-6-11(7-2)10-9-8(3,4)5/h6-7,11H,1-2H2,3-5H3. The van der Waals surface area contributed by atoms with Gasteiger partial charge in [0.25, 0.3) is 9.04 Å². The smallest absolute Gasteiger partial charge is 0.270 e. The molecule has 0 atom stereocenters. The van der Waals surface area contributed by atoms with Gasteiger partial charge in [-0.1, -0.05) is 11.4 Å². The van der Waals surface area contributed by atoms with Gasteiger partial charge in [0.15, 0.2) is 0 Å². The van der Waals surface area contributed by atoms with E-state index in [0.717, 1.165) is 0 Å². The monoisotopic (exact) mass is 172 g/mol. The average molecular weight is 172 g/mol. The summed E-state index contributed by atoms with van der Waals surface area (Å²) in [5.41, 5.74) is 3.27. The summed E-state index contributed by atoms with van der Waals surface area (Å²) in [5.74, 6) is 0. The predicted molar refractivity (Wildman–Crippen MR) is 49.5 cm³/mol. The Bertz CT molecular complexity index is 130. The van der Waals surface area contributed by atoms with Crippen molar-refractivity contribution in [2.45, 2.75) is 26.4 Å². The van der Waals surface area contributed by atoms with Crippen LogP contribution in [0, 0.1) is 0 Å². The predicted octanol–water partition coefficient (Wildman–Crippen LogP) is 1.91. The Kier molecular flexibility index (Phi) is 4.33. The molecule has 2 nitrogen and oxygen atoms in total. The van der Waals surface area contributed by atoms with Crippen LogP contribution >= 0.6 is 0 Å². The third-order valence-corrected chi connectivity index (χ3v) is 2.12. The summed E-state index contributed by atoms with van der Waals surface area (Å²) in [6.07, 6.45) is 0. The van der Waals surface area contributed by atoms with Crippen LogP contribution in [0.15, 0.2) is 24.6 Å². The summed E-state index contributed by atoms with van der Waals surface area (Å²) in [6, 6.07) is 0. The summed E-state index contributed by atoms with van der Waals surface area (Å²) in [6.45, 7) is 13.0. The average Bonchev–Trinajstić information content (AvgIpc) is 1.88. The van der Waals surface area contributed by atoms with Gasteiger partial charge < -0.3 is 0 Å². The number of hydrogen-bond acceptors (Lipinski definition) is 2. The third kappa shape index (κ3) is 6.03. The van der Waals surface area contributed by atoms with E-state index in [4.69, 9.17) is 9.46 Å². The third-order valence-electron chi connectivity index (χ3n) is 0.874. The molecule has 11 heavy (non-hydrogen) atoms. The van der Waals surface area contributed by atoms with Crippen LogP contribution in [0.5, 0.6) is 0 Å². The van der Waals surface area contributed by atoms with Crippen LogP contribution in [-0.4, -0.2) is 14.6 Å². The van der Waals surface area contributed by atoms with Crippen LogP contribution in [0.1, 0.15) is 20.8 Å². The first-order chi connectivity index (χ1) is 4.99. The molecular formula is C8H16O2Si. The molecule has 0 bridgehead atoms. The first kappa shape index (κ1) is 10.6. The van der Waals surface area contributed by atoms with Crippen molar-refractivity contribution in [3.63, 3.8) is 0 Å². The molecule has 0 aromatic heterocycles. The maximum atomic E-state index is 5.11. The lowest BCUT2D eigenvalue weighted by Gasteiger charge is -2.19. The number of rotatable bonds is 4. The van der Waals surface area contributed by atoms with Crippen molar-refractivity contribution in [1.29, 1.82) is 0 Å². The lowest BCUT2D eigenvalue weighted by atomic mass is 10.2. The lowest BCUT2D eigenvalue weighted by molar-refractivity contribution is -0.278. The van der Waals surface area contributed by atoms with Crippen molar-refractivity contribution in [2.75, 3.05) is 0 Å². The molecule has 0 unspecified atom stereocenters. The fourth-order valence-corrected chi connectivity index (χ4v) is 1.12. The van der Waals surface area contributed by atoms with E-state index in [2.05, 4.69) is 13.2 Å². The van der Waals surface area contributed by atoms with Gasteiger partial charge in [-0.15, -0.1) is 13.2 Å². The van der Waals surface area contributed by atoms with Gasteiger partial charge in [-0.2, -0.15) is 0 Å². The van der Waals surface area contributed by atoms with E-state index < -0.39 is 9.04 Å². The Morgan fingerprint density at radius 3 is 1.91 bits per heavy atom. The van der Waals surface area contributed by atoms with Gasteiger partial charge in [0.2, 0.25) is 0 Å². The SMILES string of the molecule is C=C[SiH](C=C)OOC(C)(C)C. The number of hydrogen-bond donors (Lipinski definition) is 0. The summed E-state index contributed by atoms with van der Waals surface area (Å²) in [4.78, 5) is 5.09. The second-order valence-electron chi connectivity index (χ2n) is 3.23. The topological polar surface area (TPSA) is 18.5 Å². The molecule has 0 aliphatic carbocycles. The second-order valence-corrected chi connectivity index (χ2v) is 5.29. The van der Waals surface area contributed by atoms with E-state index in [9.17, 15) is 0 Å². The summed E-state index contributed by atoms with van der Waals surface area (Å²) in [5, 5.41) is 0. The van der Waals surface area contributed by atoms with Crippen LogP contribution in [0.4, 0.5) is 0 Å². The van der Waals surface area contributed by atoms with Crippen LogP contribution in [0.25, 0.3) is 0 Å². The fourth-order valence-electron chi connectivity index (χ4n) is 0.375. The minimum absolute atomic E-state index is 0.253. The summed E-state index contributed by atoms with van der Waals surface area (Å²) in [7, 11) is -1.49. The highest BCUT2D eigenvalue weighted by Crippen LogP contribution is 2.08. The Hall–Kier alpha value is -0.383. The van der Waals surface area contributed by atoms with Gasteiger partial charge in [0.05, 0.1) is 5.60 Å². The molecule has 0 spiro atoms. The van der Waals surface area contributed by atoms with E-state index in [1.54, 1.807) is 11.4 Å². The molecule has 0 N–H and O–H groups in total. The Balaban J connectivity index is 3.68. The van der Waals surface area contributed by atoms with Crippen molar-refractivity contribution >= 4 is 9.04 Å². The molecule has 0 aliphatic rings. The molecule has 0 radical (unpaired) electrons. The molecule has 0 aliphatic heterocycles. The van der Waals surface area contributed by atoms with Gasteiger partial charge in [-0.3, -0.25) is 4.58 Å². The van der Waals surface area contributed by atoms with Crippen molar-refractivity contribution in [2.24, 2.45) is 0 Å². The molecular weight excluding hydrogens is 156 g/mol. The molecule has 0 aromatic rings. The minimum atomic E-state index is -1.49. The van der Waals surface area contributed by atoms with Gasteiger partial charge in [0, 0.05) is 0 Å². The van der Waals surface area contributed by atoms with Crippen LogP contribution < -0.4 is 0 Å². The minimum Gasteiger partial charge on any atom is -0.280 e. The second kappa shape index (κ2) is 4.49. The molecule has 0 aromatic carbocycles. The molecule has 64 valence electrons. The molecule has 0 amide bonds. The highest BCUT2D eigenvalue weighted by molar-refractivity contribution is 6.62. The van der Waals surface area contributed by atoms with Crippen molar-refractivity contribution < 1.29 is 9.46 Å². The van der Waals surface area contributed by atoms with E-state index in [-0.39, 0.29) is 5.60 Å². The van der Waals surface area contributed by atoms with Crippen LogP contribution in [-0.2, 0) is 9.46 Å². The Morgan fingerprint density at radius 2 is 1.64 bits per heavy atom. The fraction of sp³-hybridized carbons (Fsp3) is 0.500. The molecule has 3 heteroatoms. The Morgan fingerprint density at radius 1 is 1.18 bits per heavy atom. The first-order valence-corrected chi connectivity index (χ1v) is 5.39. The highest BCUT2D eigenvalue weighted by Gasteiger charge is 2.13. The normalized spacial score (nSPS) is 11.6. The first-order valence-electron chi connectivity index (χ1n) is 3.59. The van der Waals surface area contributed by atoms with Gasteiger partial charge in [0.1, 0.15) is 0 Å². The molecule has 0 rings (SSSR count). The van der Waals surface area contributed by atoms with E-state index in [0.29, 0.717) is 0 Å². The summed E-state index contributed by atoms with van der Waals surface area (Å²) >= 11 is 0. The highest BCUT2D eigenvalue weighted by atomic mass is 28.3. The molecule has 0 saturated carbocycles. The molecule has 0 heterocycles. The zero-order valence-corrected chi connectivity index (χ0v) is 8.62. The molecule has 0 saturated heterocycles. The van der Waals surface area contributed by atoms with E-state index in [1.807, 2.05) is 20.8 Å². The molecule has 0 fully saturated rings. The quantitative estimate of drug-likeness (QED) is 0.366. The van der Waals surface area contributed by atoms with Gasteiger partial charge in [-0.25, -0.2) is 4.89 Å². The van der Waals surface area contributed by atoms with E-state index >= 15 is 0 Å². The Labute approximate surface area is 70.2 Å². The van der Waals surface area contributed by atoms with Crippen molar-refractivity contribution in [3.8, 4) is 0 Å². The van der Waals surface area contributed by atoms with Crippen molar-refractivity contribution in [1.82, 2.24) is 0 Å². The van der Waals surface area contributed by atoms with Gasteiger partial charge in [-0.05, 0) is 20.8 Å². The lowest BCUT2D eigenvalue weighted by Crippen LogP contribution is -2.24. The largest absolute Gasteiger partial charge is 0.280 e. The maximum absolute atomic E-state index is 5.11. The van der Waals surface area contributed by atoms with Gasteiger partial charge >= 0.3 is 0 Å². The van der Waals surface area contributed by atoms with Crippen LogP contribution in [0.2, 0.25) is 0 Å². The van der Waals surface area contributed by atoms with Crippen molar-refractivity contribution in [3.05, 3.63) is 24.6 Å². The van der Waals surface area contributed by atoms with Crippen LogP contribution in [0.3, 0.4) is 0 Å². The zero-order valence-electron chi connectivity index (χ0n) is 7.46. The zero-order chi connectivity index (χ0) is 8.91. The maximum Gasteiger partial charge on any atom is 0.270 e. The summed E-state index contributed by atoms with van der Waals surface area (Å²) < 4.78 is 5.11.